The molecule has 0 bridgehead atoms. The molecule has 220 valence electrons. The maximum absolute atomic E-state index is 15.0. The van der Waals surface area contributed by atoms with Crippen LogP contribution in [0, 0.1) is 0 Å². The van der Waals surface area contributed by atoms with Gasteiger partial charge < -0.3 is 0 Å². The Bertz CT molecular complexity index is 3100. The molecule has 11 aromatic rings. The maximum Gasteiger partial charge on any atom is 0.265 e. The lowest BCUT2D eigenvalue weighted by Gasteiger charge is -2.18. The minimum Gasteiger partial charge on any atom is -0.268 e. The Morgan fingerprint density at radius 3 is 1.68 bits per heavy atom. The molecule has 0 amide bonds. The fourth-order valence-corrected chi connectivity index (χ4v) is 8.45. The number of hydrogen-bond acceptors (Lipinski definition) is 4. The molecule has 0 saturated carbocycles. The van der Waals surface area contributed by atoms with Crippen LogP contribution >= 0.6 is 0 Å². The summed E-state index contributed by atoms with van der Waals surface area (Å²) in [6.45, 7) is 6.61. The number of pyridine rings is 2. The highest BCUT2D eigenvalue weighted by molar-refractivity contribution is 6.50. The summed E-state index contributed by atoms with van der Waals surface area (Å²) >= 11 is 0. The third-order valence-electron chi connectivity index (χ3n) is 10.6. The van der Waals surface area contributed by atoms with Gasteiger partial charge >= 0.3 is 0 Å². The van der Waals surface area contributed by atoms with Gasteiger partial charge in [0.1, 0.15) is 5.65 Å². The van der Waals surface area contributed by atoms with Crippen LogP contribution in [-0.4, -0.2) is 19.4 Å². The minimum absolute atomic E-state index is 0.0147. The first-order chi connectivity index (χ1) is 22.9. The number of rotatable bonds is 2. The smallest absolute Gasteiger partial charge is 0.265 e. The molecule has 0 fully saturated rings. The van der Waals surface area contributed by atoms with Gasteiger partial charge in [0, 0.05) is 30.2 Å². The van der Waals surface area contributed by atoms with E-state index in [9.17, 15) is 4.79 Å². The van der Waals surface area contributed by atoms with Crippen LogP contribution in [0.2, 0.25) is 0 Å². The quantitative estimate of drug-likeness (QED) is 0.185. The zero-order valence-electron chi connectivity index (χ0n) is 26.0. The number of fused-ring (bicyclic) bond motifs is 7. The topological polar surface area (TPSA) is 60.2 Å². The molecule has 0 radical (unpaired) electrons. The molecule has 0 unspecified atom stereocenters. The van der Waals surface area contributed by atoms with Gasteiger partial charge in [-0.2, -0.15) is 0 Å². The van der Waals surface area contributed by atoms with Gasteiger partial charge in [-0.3, -0.25) is 19.2 Å². The van der Waals surface area contributed by atoms with Gasteiger partial charge in [0.2, 0.25) is 0 Å². The SMILES string of the molecule is CC(C)(C)c1ccc2nc3c4c5cc(-c6ccncc6)c6ccc7ccc8c(-c9ccncc9)cc(c4c(=O)n3c2c1)c1c8c7c6c51. The van der Waals surface area contributed by atoms with E-state index in [0.717, 1.165) is 60.5 Å². The summed E-state index contributed by atoms with van der Waals surface area (Å²) in [6.07, 6.45) is 7.38. The third kappa shape index (κ3) is 3.00. The Balaban J connectivity index is 1.46. The average molecular weight is 603 g/mol. The van der Waals surface area contributed by atoms with E-state index in [1.807, 2.05) is 29.2 Å². The molecule has 0 N–H and O–H groups in total. The van der Waals surface area contributed by atoms with Crippen molar-refractivity contribution in [3.05, 3.63) is 120 Å². The van der Waals surface area contributed by atoms with Crippen LogP contribution in [0.25, 0.3) is 104 Å². The second-order valence-corrected chi connectivity index (χ2v) is 14.0. The summed E-state index contributed by atoms with van der Waals surface area (Å²) in [5, 5.41) is 13.5. The van der Waals surface area contributed by atoms with Crippen LogP contribution in [0.1, 0.15) is 26.3 Å². The number of imidazole rings is 1. The van der Waals surface area contributed by atoms with Crippen molar-refractivity contribution >= 4 is 81.3 Å². The van der Waals surface area contributed by atoms with Gasteiger partial charge in [-0.25, -0.2) is 4.98 Å². The van der Waals surface area contributed by atoms with E-state index < -0.39 is 0 Å². The molecule has 0 saturated heterocycles. The second-order valence-electron chi connectivity index (χ2n) is 14.0. The van der Waals surface area contributed by atoms with E-state index in [-0.39, 0.29) is 11.0 Å². The van der Waals surface area contributed by atoms with Crippen LogP contribution < -0.4 is 5.56 Å². The first kappa shape index (κ1) is 25.3. The highest BCUT2D eigenvalue weighted by atomic mass is 16.1. The Kier molecular flexibility index (Phi) is 4.44. The highest BCUT2D eigenvalue weighted by Crippen LogP contribution is 2.54. The van der Waals surface area contributed by atoms with Crippen molar-refractivity contribution in [3.63, 3.8) is 0 Å². The molecule has 5 nitrogen and oxygen atoms in total. The largest absolute Gasteiger partial charge is 0.268 e. The minimum atomic E-state index is -0.0634. The van der Waals surface area contributed by atoms with Crippen molar-refractivity contribution in [1.82, 2.24) is 19.4 Å². The van der Waals surface area contributed by atoms with Gasteiger partial charge in [0.05, 0.1) is 16.4 Å². The number of hydrogen-bond donors (Lipinski definition) is 0. The Labute approximate surface area is 268 Å². The zero-order chi connectivity index (χ0) is 31.3. The molecule has 5 heteroatoms. The van der Waals surface area contributed by atoms with Crippen LogP contribution in [0.3, 0.4) is 0 Å². The number of nitrogens with zero attached hydrogens (tertiary/aromatic N) is 4. The van der Waals surface area contributed by atoms with Crippen molar-refractivity contribution in [3.8, 4) is 22.3 Å². The van der Waals surface area contributed by atoms with E-state index in [1.54, 1.807) is 0 Å². The fourth-order valence-electron chi connectivity index (χ4n) is 8.45. The molecule has 4 heterocycles. The van der Waals surface area contributed by atoms with Crippen LogP contribution in [-0.2, 0) is 5.41 Å². The van der Waals surface area contributed by atoms with Crippen LogP contribution in [0.4, 0.5) is 0 Å². The summed E-state index contributed by atoms with van der Waals surface area (Å²) in [4.78, 5) is 28.8. The average Bonchev–Trinajstić information content (AvgIpc) is 3.74. The molecule has 0 aliphatic heterocycles. The molecule has 7 aromatic carbocycles. The Morgan fingerprint density at radius 2 is 1.11 bits per heavy atom. The molecule has 4 aromatic heterocycles. The summed E-state index contributed by atoms with van der Waals surface area (Å²) in [7, 11) is 0. The van der Waals surface area contributed by atoms with E-state index in [2.05, 4.69) is 110 Å². The first-order valence-electron chi connectivity index (χ1n) is 16.1. The molecular formula is C42H26N4O. The van der Waals surface area contributed by atoms with Crippen molar-refractivity contribution in [2.24, 2.45) is 0 Å². The maximum atomic E-state index is 15.0. The van der Waals surface area contributed by atoms with Gasteiger partial charge in [-0.15, -0.1) is 0 Å². The zero-order valence-corrected chi connectivity index (χ0v) is 26.0. The Hall–Kier alpha value is -5.94. The summed E-state index contributed by atoms with van der Waals surface area (Å²) in [5.74, 6) is 0. The van der Waals surface area contributed by atoms with Crippen LogP contribution in [0.15, 0.2) is 108 Å². The summed E-state index contributed by atoms with van der Waals surface area (Å²) < 4.78 is 1.87. The summed E-state index contributed by atoms with van der Waals surface area (Å²) in [5.41, 5.74) is 7.94. The fraction of sp³-hybridized carbons (Fsp3) is 0.0952. The van der Waals surface area contributed by atoms with Crippen molar-refractivity contribution in [2.45, 2.75) is 26.2 Å². The molecule has 47 heavy (non-hydrogen) atoms. The molecule has 0 spiro atoms. The van der Waals surface area contributed by atoms with Gasteiger partial charge in [0.25, 0.3) is 5.56 Å². The molecule has 11 rings (SSSR count). The van der Waals surface area contributed by atoms with E-state index in [1.165, 1.54) is 48.7 Å². The van der Waals surface area contributed by atoms with E-state index in [4.69, 9.17) is 4.98 Å². The van der Waals surface area contributed by atoms with Crippen LogP contribution in [0.5, 0.6) is 0 Å². The lowest BCUT2D eigenvalue weighted by molar-refractivity contribution is 0.591. The highest BCUT2D eigenvalue weighted by Gasteiger charge is 2.29. The van der Waals surface area contributed by atoms with Gasteiger partial charge in [0.15, 0.2) is 0 Å². The lowest BCUT2D eigenvalue weighted by Crippen LogP contribution is -2.11. The molecule has 0 aliphatic carbocycles. The third-order valence-corrected chi connectivity index (χ3v) is 10.6. The first-order valence-corrected chi connectivity index (χ1v) is 16.1. The van der Waals surface area contributed by atoms with Crippen molar-refractivity contribution in [1.29, 1.82) is 0 Å². The molecule has 0 atom stereocenters. The predicted octanol–water partition coefficient (Wildman–Crippen LogP) is 9.94. The predicted molar refractivity (Wildman–Crippen MR) is 194 cm³/mol. The summed E-state index contributed by atoms with van der Waals surface area (Å²) in [6, 6.07) is 28.2. The molecular weight excluding hydrogens is 576 g/mol. The monoisotopic (exact) mass is 602 g/mol. The standard InChI is InChI=1S/C42H26N4O/c1-42(2,3)24-6-9-31-32(18-24)46-40(45-31)38-29-19-27(21-10-14-43-15-11-21)25-7-4-23-5-8-26-28(22-12-16-44-17-13-22)20-30(39(38)41(46)47)37-35(26)33(23)34(25)36(29)37/h4-20H,1-3H3. The number of aromatic nitrogens is 4. The van der Waals surface area contributed by atoms with Gasteiger partial charge in [-0.1, -0.05) is 51.1 Å². The lowest BCUT2D eigenvalue weighted by atomic mass is 9.87. The van der Waals surface area contributed by atoms with E-state index in [0.29, 0.717) is 0 Å². The van der Waals surface area contributed by atoms with Crippen molar-refractivity contribution in [2.75, 3.05) is 0 Å². The Morgan fingerprint density at radius 1 is 0.553 bits per heavy atom. The van der Waals surface area contributed by atoms with E-state index >= 15 is 0 Å². The van der Waals surface area contributed by atoms with Crippen molar-refractivity contribution < 1.29 is 0 Å². The molecule has 0 aliphatic rings. The second kappa shape index (κ2) is 8.25. The number of benzene rings is 6. The van der Waals surface area contributed by atoms with Gasteiger partial charge in [-0.05, 0) is 136 Å². The normalized spacial score (nSPS) is 13.1.